The Kier molecular flexibility index (Phi) is 5.82. The molecule has 1 heterocycles. The Morgan fingerprint density at radius 3 is 2.53 bits per heavy atom. The third-order valence-electron chi connectivity index (χ3n) is 3.20. The molecule has 0 aliphatic heterocycles. The minimum Gasteiger partial charge on any atom is -0.461 e. The summed E-state index contributed by atoms with van der Waals surface area (Å²) in [6.45, 7) is 11.8. The summed E-state index contributed by atoms with van der Waals surface area (Å²) in [7, 11) is 0. The number of nitrogens with zero attached hydrogens (tertiary/aromatic N) is 3. The first-order valence-electron chi connectivity index (χ1n) is 6.77. The van der Waals surface area contributed by atoms with Crippen LogP contribution in [-0.4, -0.2) is 46.7 Å². The number of ether oxygens (including phenoxy) is 1. The van der Waals surface area contributed by atoms with Crippen molar-refractivity contribution in [3.8, 4) is 0 Å². The fourth-order valence-corrected chi connectivity index (χ4v) is 1.99. The summed E-state index contributed by atoms with van der Waals surface area (Å²) in [4.78, 5) is 18.2. The maximum absolute atomic E-state index is 11.7. The molecule has 0 bridgehead atoms. The van der Waals surface area contributed by atoms with E-state index >= 15 is 0 Å². The summed E-state index contributed by atoms with van der Waals surface area (Å²) in [5.74, 6) is 0.681. The number of carbonyl (C=O) groups is 1. The second kappa shape index (κ2) is 7.13. The number of hydrogen-bond donors (Lipinski definition) is 1. The van der Waals surface area contributed by atoms with E-state index < -0.39 is 5.97 Å². The summed E-state index contributed by atoms with van der Waals surface area (Å²) in [5, 5.41) is 0. The van der Waals surface area contributed by atoms with E-state index in [4.69, 9.17) is 10.5 Å². The number of nitrogen functional groups attached to an aromatic ring is 1. The first-order chi connectivity index (χ1) is 9.04. The number of hydrogen-bond acceptors (Lipinski definition) is 5. The zero-order valence-corrected chi connectivity index (χ0v) is 12.3. The SMILES string of the molecule is CCOC(=O)c1nc(C)n(CCN(CC)CC)c1N. The van der Waals surface area contributed by atoms with Gasteiger partial charge in [-0.1, -0.05) is 13.8 Å². The van der Waals surface area contributed by atoms with E-state index in [1.54, 1.807) is 6.92 Å². The fraction of sp³-hybridized carbons (Fsp3) is 0.692. The summed E-state index contributed by atoms with van der Waals surface area (Å²) in [6, 6.07) is 0. The van der Waals surface area contributed by atoms with Crippen LogP contribution >= 0.6 is 0 Å². The summed E-state index contributed by atoms with van der Waals surface area (Å²) in [5.41, 5.74) is 6.21. The van der Waals surface area contributed by atoms with Gasteiger partial charge in [0.1, 0.15) is 11.6 Å². The van der Waals surface area contributed by atoms with Crippen LogP contribution < -0.4 is 5.73 Å². The normalized spacial score (nSPS) is 11.0. The molecule has 1 aromatic heterocycles. The van der Waals surface area contributed by atoms with Crippen LogP contribution in [0.25, 0.3) is 0 Å². The number of carbonyl (C=O) groups excluding carboxylic acids is 1. The van der Waals surface area contributed by atoms with Crippen LogP contribution in [0, 0.1) is 6.92 Å². The van der Waals surface area contributed by atoms with Crippen LogP contribution in [0.2, 0.25) is 0 Å². The highest BCUT2D eigenvalue weighted by atomic mass is 16.5. The monoisotopic (exact) mass is 268 g/mol. The van der Waals surface area contributed by atoms with Gasteiger partial charge in [-0.3, -0.25) is 0 Å². The number of aromatic nitrogens is 2. The van der Waals surface area contributed by atoms with E-state index in [1.165, 1.54) is 0 Å². The van der Waals surface area contributed by atoms with Crippen molar-refractivity contribution in [2.75, 3.05) is 32.0 Å². The molecule has 0 atom stereocenters. The number of nitrogens with two attached hydrogens (primary N) is 1. The van der Waals surface area contributed by atoms with Gasteiger partial charge in [0.15, 0.2) is 5.69 Å². The van der Waals surface area contributed by atoms with Crippen LogP contribution in [0.4, 0.5) is 5.82 Å². The minimum absolute atomic E-state index is 0.221. The Labute approximate surface area is 114 Å². The van der Waals surface area contributed by atoms with Crippen molar-refractivity contribution in [1.82, 2.24) is 14.5 Å². The van der Waals surface area contributed by atoms with Crippen molar-refractivity contribution in [1.29, 1.82) is 0 Å². The van der Waals surface area contributed by atoms with Crippen molar-refractivity contribution in [3.63, 3.8) is 0 Å². The first-order valence-corrected chi connectivity index (χ1v) is 6.77. The van der Waals surface area contributed by atoms with Gasteiger partial charge in [0.25, 0.3) is 0 Å². The Morgan fingerprint density at radius 2 is 2.00 bits per heavy atom. The molecule has 6 nitrogen and oxygen atoms in total. The van der Waals surface area contributed by atoms with E-state index in [-0.39, 0.29) is 5.69 Å². The van der Waals surface area contributed by atoms with Gasteiger partial charge in [0.2, 0.25) is 0 Å². The summed E-state index contributed by atoms with van der Waals surface area (Å²) >= 11 is 0. The van der Waals surface area contributed by atoms with Crippen LogP contribution in [0.1, 0.15) is 37.1 Å². The molecule has 0 aliphatic carbocycles. The second-order valence-electron chi connectivity index (χ2n) is 4.29. The maximum atomic E-state index is 11.7. The first kappa shape index (κ1) is 15.5. The molecule has 0 aliphatic rings. The Morgan fingerprint density at radius 1 is 1.37 bits per heavy atom. The molecule has 0 amide bonds. The lowest BCUT2D eigenvalue weighted by Gasteiger charge is -2.19. The van der Waals surface area contributed by atoms with Crippen molar-refractivity contribution in [3.05, 3.63) is 11.5 Å². The van der Waals surface area contributed by atoms with Gasteiger partial charge >= 0.3 is 5.97 Å². The number of likely N-dealkylation sites (N-methyl/N-ethyl adjacent to an activating group) is 1. The number of esters is 1. The lowest BCUT2D eigenvalue weighted by molar-refractivity contribution is 0.0521. The molecule has 0 radical (unpaired) electrons. The Balaban J connectivity index is 2.82. The molecule has 2 N–H and O–H groups in total. The predicted molar refractivity (Wildman–Crippen MR) is 75.1 cm³/mol. The summed E-state index contributed by atoms with van der Waals surface area (Å²) < 4.78 is 6.81. The van der Waals surface area contributed by atoms with Crippen molar-refractivity contribution in [2.45, 2.75) is 34.2 Å². The average Bonchev–Trinajstić information content (AvgIpc) is 2.67. The van der Waals surface area contributed by atoms with Crippen LogP contribution in [0.15, 0.2) is 0 Å². The zero-order valence-electron chi connectivity index (χ0n) is 12.3. The third-order valence-corrected chi connectivity index (χ3v) is 3.20. The van der Waals surface area contributed by atoms with Gasteiger partial charge in [-0.05, 0) is 26.9 Å². The molecule has 6 heteroatoms. The van der Waals surface area contributed by atoms with E-state index in [0.29, 0.717) is 12.4 Å². The molecule has 0 aromatic carbocycles. The summed E-state index contributed by atoms with van der Waals surface area (Å²) in [6.07, 6.45) is 0. The van der Waals surface area contributed by atoms with Gasteiger partial charge in [-0.2, -0.15) is 0 Å². The van der Waals surface area contributed by atoms with Crippen molar-refractivity contribution < 1.29 is 9.53 Å². The molecule has 0 spiro atoms. The Hall–Kier alpha value is -1.56. The lowest BCUT2D eigenvalue weighted by Crippen LogP contribution is -2.27. The number of anilines is 1. The molecule has 19 heavy (non-hydrogen) atoms. The molecule has 0 unspecified atom stereocenters. The topological polar surface area (TPSA) is 73.4 Å². The highest BCUT2D eigenvalue weighted by Gasteiger charge is 2.19. The predicted octanol–water partition coefficient (Wildman–Crippen LogP) is 1.29. The zero-order chi connectivity index (χ0) is 14.4. The molecule has 0 saturated carbocycles. The van der Waals surface area contributed by atoms with E-state index in [9.17, 15) is 4.79 Å². The van der Waals surface area contributed by atoms with E-state index in [1.807, 2.05) is 11.5 Å². The number of aryl methyl sites for hydroxylation is 1. The fourth-order valence-electron chi connectivity index (χ4n) is 1.99. The highest BCUT2D eigenvalue weighted by Crippen LogP contribution is 2.15. The standard InChI is InChI=1S/C13H24N4O2/c1-5-16(6-2)8-9-17-10(4)15-11(12(17)14)13(18)19-7-3/h5-9,14H2,1-4H3. The second-order valence-corrected chi connectivity index (χ2v) is 4.29. The van der Waals surface area contributed by atoms with Gasteiger partial charge in [0, 0.05) is 13.1 Å². The van der Waals surface area contributed by atoms with Crippen LogP contribution in [-0.2, 0) is 11.3 Å². The van der Waals surface area contributed by atoms with Crippen LogP contribution in [0.5, 0.6) is 0 Å². The smallest absolute Gasteiger partial charge is 0.360 e. The van der Waals surface area contributed by atoms with Gasteiger partial charge in [0.05, 0.1) is 6.61 Å². The molecule has 1 aromatic rings. The molecular weight excluding hydrogens is 244 g/mol. The minimum atomic E-state index is -0.454. The Bertz CT molecular complexity index is 425. The average molecular weight is 268 g/mol. The number of imidazole rings is 1. The molecule has 0 saturated heterocycles. The molecule has 1 rings (SSSR count). The number of rotatable bonds is 7. The maximum Gasteiger partial charge on any atom is 0.360 e. The van der Waals surface area contributed by atoms with Gasteiger partial charge in [-0.15, -0.1) is 0 Å². The van der Waals surface area contributed by atoms with E-state index in [2.05, 4.69) is 23.7 Å². The van der Waals surface area contributed by atoms with Gasteiger partial charge in [-0.25, -0.2) is 9.78 Å². The third kappa shape index (κ3) is 3.70. The largest absolute Gasteiger partial charge is 0.461 e. The molecule has 0 fully saturated rings. The molecular formula is C13H24N4O2. The van der Waals surface area contributed by atoms with Crippen molar-refractivity contribution in [2.24, 2.45) is 0 Å². The van der Waals surface area contributed by atoms with Crippen molar-refractivity contribution >= 4 is 11.8 Å². The van der Waals surface area contributed by atoms with E-state index in [0.717, 1.165) is 32.0 Å². The van der Waals surface area contributed by atoms with Crippen LogP contribution in [0.3, 0.4) is 0 Å². The highest BCUT2D eigenvalue weighted by molar-refractivity contribution is 5.92. The van der Waals surface area contributed by atoms with Gasteiger partial charge < -0.3 is 19.9 Å². The molecule has 108 valence electrons. The quantitative estimate of drug-likeness (QED) is 0.754. The lowest BCUT2D eigenvalue weighted by atomic mass is 10.4.